The summed E-state index contributed by atoms with van der Waals surface area (Å²) in [5.41, 5.74) is 3.43. The van der Waals surface area contributed by atoms with Crippen LogP contribution in [0.1, 0.15) is 36.6 Å². The van der Waals surface area contributed by atoms with Crippen LogP contribution < -0.4 is 5.32 Å². The first-order valence-electron chi connectivity index (χ1n) is 6.58. The number of nitrogens with one attached hydrogen (secondary N) is 1. The summed E-state index contributed by atoms with van der Waals surface area (Å²) in [6.07, 6.45) is 3.25. The van der Waals surface area contributed by atoms with Crippen LogP contribution >= 0.6 is 11.6 Å². The molecule has 1 N–H and O–H groups in total. The van der Waals surface area contributed by atoms with Crippen molar-refractivity contribution < 1.29 is 4.52 Å². The lowest BCUT2D eigenvalue weighted by molar-refractivity contribution is 0.389. The highest BCUT2D eigenvalue weighted by molar-refractivity contribution is 6.30. The molecule has 19 heavy (non-hydrogen) atoms. The number of aromatic nitrogens is 1. The quantitative estimate of drug-likeness (QED) is 0.900. The van der Waals surface area contributed by atoms with Crippen LogP contribution in [-0.2, 0) is 11.8 Å². The third-order valence-corrected chi connectivity index (χ3v) is 4.37. The molecule has 0 radical (unpaired) electrons. The molecule has 0 saturated heterocycles. The van der Waals surface area contributed by atoms with Crippen molar-refractivity contribution >= 4 is 17.5 Å². The fraction of sp³-hybridized carbons (Fsp3) is 0.400. The van der Waals surface area contributed by atoms with Crippen LogP contribution in [0.5, 0.6) is 0 Å². The van der Waals surface area contributed by atoms with Gasteiger partial charge in [0.1, 0.15) is 0 Å². The van der Waals surface area contributed by atoms with Crippen LogP contribution in [0, 0.1) is 0 Å². The summed E-state index contributed by atoms with van der Waals surface area (Å²) in [6.45, 7) is 2.23. The molecule has 0 saturated carbocycles. The van der Waals surface area contributed by atoms with E-state index < -0.39 is 0 Å². The van der Waals surface area contributed by atoms with Gasteiger partial charge < -0.3 is 9.84 Å². The molecule has 1 unspecified atom stereocenters. The molecule has 1 aromatic heterocycles. The van der Waals surface area contributed by atoms with Crippen molar-refractivity contribution in [2.75, 3.05) is 12.4 Å². The van der Waals surface area contributed by atoms with Crippen LogP contribution in [0.3, 0.4) is 0 Å². The summed E-state index contributed by atoms with van der Waals surface area (Å²) < 4.78 is 5.42. The number of nitrogens with zero attached hydrogens (tertiary/aromatic N) is 1. The van der Waals surface area contributed by atoms with Crippen LogP contribution in [0.25, 0.3) is 0 Å². The number of hydrogen-bond acceptors (Lipinski definition) is 3. The van der Waals surface area contributed by atoms with E-state index in [1.54, 1.807) is 0 Å². The summed E-state index contributed by atoms with van der Waals surface area (Å²) in [5.74, 6) is 0.801. The average Bonchev–Trinajstić information content (AvgIpc) is 2.84. The summed E-state index contributed by atoms with van der Waals surface area (Å²) >= 11 is 5.98. The summed E-state index contributed by atoms with van der Waals surface area (Å²) in [5, 5.41) is 8.16. The minimum atomic E-state index is -0.0865. The summed E-state index contributed by atoms with van der Waals surface area (Å²) in [7, 11) is 1.87. The van der Waals surface area contributed by atoms with E-state index in [9.17, 15) is 0 Å². The molecule has 1 atom stereocenters. The van der Waals surface area contributed by atoms with Crippen molar-refractivity contribution in [2.24, 2.45) is 0 Å². The predicted octanol–water partition coefficient (Wildman–Crippen LogP) is 4.01. The summed E-state index contributed by atoms with van der Waals surface area (Å²) in [6, 6.07) is 8.06. The van der Waals surface area contributed by atoms with E-state index in [2.05, 4.69) is 29.5 Å². The minimum absolute atomic E-state index is 0.0865. The Balaban J connectivity index is 2.11. The van der Waals surface area contributed by atoms with Gasteiger partial charge in [0.15, 0.2) is 0 Å². The fourth-order valence-electron chi connectivity index (χ4n) is 3.01. The molecule has 0 fully saturated rings. The van der Waals surface area contributed by atoms with Crippen LogP contribution in [0.4, 0.5) is 5.88 Å². The Morgan fingerprint density at radius 2 is 2.05 bits per heavy atom. The zero-order chi connectivity index (χ0) is 13.5. The molecular weight excluding hydrogens is 260 g/mol. The van der Waals surface area contributed by atoms with Crippen LogP contribution in [0.15, 0.2) is 28.8 Å². The lowest BCUT2D eigenvalue weighted by atomic mass is 9.70. The topological polar surface area (TPSA) is 38.1 Å². The van der Waals surface area contributed by atoms with E-state index in [4.69, 9.17) is 16.1 Å². The Bertz CT molecular complexity index is 591. The molecule has 1 aromatic carbocycles. The predicted molar refractivity (Wildman–Crippen MR) is 76.9 cm³/mol. The molecule has 0 bridgehead atoms. The van der Waals surface area contributed by atoms with Gasteiger partial charge in [-0.25, -0.2) is 0 Å². The van der Waals surface area contributed by atoms with Gasteiger partial charge >= 0.3 is 0 Å². The maximum atomic E-state index is 5.98. The van der Waals surface area contributed by atoms with Crippen molar-refractivity contribution in [3.8, 4) is 0 Å². The maximum Gasteiger partial charge on any atom is 0.227 e. The second-order valence-corrected chi connectivity index (χ2v) is 5.72. The van der Waals surface area contributed by atoms with Gasteiger partial charge in [0.05, 0.1) is 5.69 Å². The number of anilines is 1. The highest BCUT2D eigenvalue weighted by atomic mass is 35.5. The lowest BCUT2D eigenvalue weighted by Gasteiger charge is -2.32. The van der Waals surface area contributed by atoms with Gasteiger partial charge in [-0.2, -0.15) is 0 Å². The smallest absolute Gasteiger partial charge is 0.227 e. The van der Waals surface area contributed by atoms with E-state index in [1.807, 2.05) is 19.2 Å². The van der Waals surface area contributed by atoms with Crippen molar-refractivity contribution in [1.29, 1.82) is 0 Å². The van der Waals surface area contributed by atoms with Gasteiger partial charge in [0.2, 0.25) is 5.88 Å². The zero-order valence-corrected chi connectivity index (χ0v) is 11.9. The second kappa shape index (κ2) is 4.57. The van der Waals surface area contributed by atoms with Gasteiger partial charge in [0, 0.05) is 23.0 Å². The van der Waals surface area contributed by atoms with E-state index >= 15 is 0 Å². The Labute approximate surface area is 117 Å². The first kappa shape index (κ1) is 12.5. The third kappa shape index (κ3) is 1.93. The monoisotopic (exact) mass is 276 g/mol. The van der Waals surface area contributed by atoms with E-state index in [-0.39, 0.29) is 5.41 Å². The maximum absolute atomic E-state index is 5.98. The molecule has 0 aliphatic heterocycles. The second-order valence-electron chi connectivity index (χ2n) is 5.28. The molecule has 3 nitrogen and oxygen atoms in total. The molecule has 1 aliphatic rings. The zero-order valence-electron chi connectivity index (χ0n) is 11.2. The molecular formula is C15H17ClN2O. The molecule has 100 valence electrons. The van der Waals surface area contributed by atoms with Crippen molar-refractivity contribution in [2.45, 2.75) is 31.6 Å². The molecule has 1 heterocycles. The molecule has 4 heteroatoms. The standard InChI is InChI=1S/C15H17ClN2O/c1-15(10-5-7-11(16)8-6-10)9-3-4-12-13(15)18-19-14(12)17-2/h5-8,17H,3-4,9H2,1-2H3. The lowest BCUT2D eigenvalue weighted by Crippen LogP contribution is -2.29. The van der Waals surface area contributed by atoms with Gasteiger partial charge in [0.25, 0.3) is 0 Å². The van der Waals surface area contributed by atoms with Gasteiger partial charge in [-0.1, -0.05) is 28.9 Å². The Kier molecular flexibility index (Phi) is 3.02. The van der Waals surface area contributed by atoms with Crippen LogP contribution in [-0.4, -0.2) is 12.2 Å². The van der Waals surface area contributed by atoms with E-state index in [0.29, 0.717) is 0 Å². The molecule has 0 amide bonds. The molecule has 3 rings (SSSR count). The SMILES string of the molecule is CNc1onc2c1CCCC2(C)c1ccc(Cl)cc1. The van der Waals surface area contributed by atoms with Crippen molar-refractivity contribution in [3.05, 3.63) is 46.1 Å². The summed E-state index contributed by atoms with van der Waals surface area (Å²) in [4.78, 5) is 0. The Morgan fingerprint density at radius 1 is 1.32 bits per heavy atom. The van der Waals surface area contributed by atoms with Crippen LogP contribution in [0.2, 0.25) is 5.02 Å². The molecule has 2 aromatic rings. The first-order valence-corrected chi connectivity index (χ1v) is 6.96. The number of fused-ring (bicyclic) bond motifs is 1. The number of hydrogen-bond donors (Lipinski definition) is 1. The third-order valence-electron chi connectivity index (χ3n) is 4.12. The Hall–Kier alpha value is -1.48. The largest absolute Gasteiger partial charge is 0.357 e. The van der Waals surface area contributed by atoms with Crippen molar-refractivity contribution in [1.82, 2.24) is 5.16 Å². The normalized spacial score (nSPS) is 22.1. The van der Waals surface area contributed by atoms with Crippen molar-refractivity contribution in [3.63, 3.8) is 0 Å². The average molecular weight is 277 g/mol. The molecule has 1 aliphatic carbocycles. The highest BCUT2D eigenvalue weighted by Crippen LogP contribution is 2.44. The number of rotatable bonds is 2. The van der Waals surface area contributed by atoms with E-state index in [1.165, 1.54) is 11.1 Å². The van der Waals surface area contributed by atoms with Gasteiger partial charge in [-0.3, -0.25) is 0 Å². The number of halogens is 1. The highest BCUT2D eigenvalue weighted by Gasteiger charge is 2.38. The van der Waals surface area contributed by atoms with Gasteiger partial charge in [-0.05, 0) is 43.9 Å². The first-order chi connectivity index (χ1) is 9.15. The van der Waals surface area contributed by atoms with E-state index in [0.717, 1.165) is 35.9 Å². The number of benzene rings is 1. The Morgan fingerprint density at radius 3 is 2.74 bits per heavy atom. The molecule has 0 spiro atoms. The fourth-order valence-corrected chi connectivity index (χ4v) is 3.13. The van der Waals surface area contributed by atoms with Gasteiger partial charge in [-0.15, -0.1) is 0 Å². The minimum Gasteiger partial charge on any atom is -0.357 e.